The summed E-state index contributed by atoms with van der Waals surface area (Å²) >= 11 is 0. The Kier molecular flexibility index (Phi) is 3.51. The molecule has 106 valence electrons. The lowest BCUT2D eigenvalue weighted by molar-refractivity contribution is 0.0590. The summed E-state index contributed by atoms with van der Waals surface area (Å²) in [6, 6.07) is 14.5. The van der Waals surface area contributed by atoms with Gasteiger partial charge in [-0.3, -0.25) is 0 Å². The van der Waals surface area contributed by atoms with Crippen LogP contribution in [0.2, 0.25) is 0 Å². The number of ether oxygens (including phenoxy) is 2. The van der Waals surface area contributed by atoms with Crippen LogP contribution in [0.25, 0.3) is 5.65 Å². The standard InChI is InChI=1S/C15H13N3O3/c1-20-15(19)12-8-5-9-14-16-13(17-18(12)14)10-21-11-6-3-2-4-7-11/h2-9H,10H2,1H3. The van der Waals surface area contributed by atoms with Crippen LogP contribution in [0.4, 0.5) is 0 Å². The lowest BCUT2D eigenvalue weighted by Crippen LogP contribution is -2.09. The van der Waals surface area contributed by atoms with Crippen molar-refractivity contribution < 1.29 is 14.3 Å². The van der Waals surface area contributed by atoms with Crippen LogP contribution < -0.4 is 4.74 Å². The zero-order chi connectivity index (χ0) is 14.7. The third kappa shape index (κ3) is 2.69. The highest BCUT2D eigenvalue weighted by Gasteiger charge is 2.13. The van der Waals surface area contributed by atoms with Gasteiger partial charge in [0.1, 0.15) is 12.4 Å². The number of methoxy groups -OCH3 is 1. The highest BCUT2D eigenvalue weighted by atomic mass is 16.5. The summed E-state index contributed by atoms with van der Waals surface area (Å²) in [6.45, 7) is 0.228. The molecule has 3 aromatic rings. The molecule has 0 aliphatic heterocycles. The minimum atomic E-state index is -0.457. The molecule has 6 nitrogen and oxygen atoms in total. The number of nitrogens with zero attached hydrogens (tertiary/aromatic N) is 3. The highest BCUT2D eigenvalue weighted by molar-refractivity contribution is 5.88. The van der Waals surface area contributed by atoms with E-state index in [-0.39, 0.29) is 6.61 Å². The second kappa shape index (κ2) is 5.62. The molecule has 1 aromatic carbocycles. The van der Waals surface area contributed by atoms with Gasteiger partial charge in [-0.15, -0.1) is 5.10 Å². The van der Waals surface area contributed by atoms with Crippen molar-refractivity contribution in [3.05, 3.63) is 60.0 Å². The van der Waals surface area contributed by atoms with E-state index >= 15 is 0 Å². The zero-order valence-electron chi connectivity index (χ0n) is 11.4. The minimum absolute atomic E-state index is 0.228. The highest BCUT2D eigenvalue weighted by Crippen LogP contribution is 2.12. The third-order valence-electron chi connectivity index (χ3n) is 2.91. The first-order valence-electron chi connectivity index (χ1n) is 6.39. The van der Waals surface area contributed by atoms with Gasteiger partial charge in [-0.25, -0.2) is 14.3 Å². The van der Waals surface area contributed by atoms with E-state index in [1.165, 1.54) is 11.6 Å². The lowest BCUT2D eigenvalue weighted by Gasteiger charge is -2.02. The lowest BCUT2D eigenvalue weighted by atomic mass is 10.3. The van der Waals surface area contributed by atoms with Gasteiger partial charge in [-0.05, 0) is 24.3 Å². The summed E-state index contributed by atoms with van der Waals surface area (Å²) in [5.74, 6) is 0.779. The topological polar surface area (TPSA) is 65.7 Å². The van der Waals surface area contributed by atoms with Crippen molar-refractivity contribution in [1.82, 2.24) is 14.6 Å². The van der Waals surface area contributed by atoms with Crippen LogP contribution in [0.5, 0.6) is 5.75 Å². The summed E-state index contributed by atoms with van der Waals surface area (Å²) in [5.41, 5.74) is 0.901. The SMILES string of the molecule is COC(=O)c1cccc2nc(COc3ccccc3)nn12. The van der Waals surface area contributed by atoms with Crippen molar-refractivity contribution in [3.63, 3.8) is 0 Å². The molecule has 2 heterocycles. The molecule has 0 saturated heterocycles. The van der Waals surface area contributed by atoms with E-state index in [4.69, 9.17) is 9.47 Å². The fourth-order valence-electron chi connectivity index (χ4n) is 1.93. The Labute approximate surface area is 120 Å². The van der Waals surface area contributed by atoms with Gasteiger partial charge in [0.25, 0.3) is 0 Å². The monoisotopic (exact) mass is 283 g/mol. The minimum Gasteiger partial charge on any atom is -0.486 e. The van der Waals surface area contributed by atoms with Gasteiger partial charge < -0.3 is 9.47 Å². The number of benzene rings is 1. The fraction of sp³-hybridized carbons (Fsp3) is 0.133. The molecule has 0 aliphatic rings. The van der Waals surface area contributed by atoms with Crippen LogP contribution in [-0.2, 0) is 11.3 Å². The van der Waals surface area contributed by atoms with E-state index in [2.05, 4.69) is 10.1 Å². The number of hydrogen-bond donors (Lipinski definition) is 0. The van der Waals surface area contributed by atoms with E-state index in [1.54, 1.807) is 18.2 Å². The first-order valence-corrected chi connectivity index (χ1v) is 6.39. The first-order chi connectivity index (χ1) is 10.3. The van der Waals surface area contributed by atoms with Crippen molar-refractivity contribution in [3.8, 4) is 5.75 Å². The second-order valence-electron chi connectivity index (χ2n) is 4.30. The molecule has 2 aromatic heterocycles. The molecule has 0 spiro atoms. The van der Waals surface area contributed by atoms with Gasteiger partial charge in [-0.2, -0.15) is 0 Å². The summed E-state index contributed by atoms with van der Waals surface area (Å²) in [7, 11) is 1.33. The Morgan fingerprint density at radius 1 is 1.14 bits per heavy atom. The molecular formula is C15H13N3O3. The predicted octanol–water partition coefficient (Wildman–Crippen LogP) is 2.09. The van der Waals surface area contributed by atoms with Gasteiger partial charge in [0.2, 0.25) is 0 Å². The molecule has 0 bridgehead atoms. The Morgan fingerprint density at radius 2 is 1.95 bits per heavy atom. The van der Waals surface area contributed by atoms with Crippen LogP contribution in [0, 0.1) is 0 Å². The molecule has 0 radical (unpaired) electrons. The number of rotatable bonds is 4. The van der Waals surface area contributed by atoms with E-state index in [1.807, 2.05) is 30.3 Å². The Hall–Kier alpha value is -2.89. The van der Waals surface area contributed by atoms with E-state index in [0.717, 1.165) is 5.75 Å². The smallest absolute Gasteiger partial charge is 0.356 e. The van der Waals surface area contributed by atoms with Crippen LogP contribution in [0.15, 0.2) is 48.5 Å². The Balaban J connectivity index is 1.86. The van der Waals surface area contributed by atoms with Crippen LogP contribution in [0.3, 0.4) is 0 Å². The fourth-order valence-corrected chi connectivity index (χ4v) is 1.93. The third-order valence-corrected chi connectivity index (χ3v) is 2.91. The van der Waals surface area contributed by atoms with Gasteiger partial charge in [-0.1, -0.05) is 24.3 Å². The molecule has 3 rings (SSSR count). The van der Waals surface area contributed by atoms with Crippen molar-refractivity contribution in [2.75, 3.05) is 7.11 Å². The maximum absolute atomic E-state index is 11.7. The van der Waals surface area contributed by atoms with Crippen molar-refractivity contribution >= 4 is 11.6 Å². The zero-order valence-corrected chi connectivity index (χ0v) is 11.4. The molecular weight excluding hydrogens is 270 g/mol. The van der Waals surface area contributed by atoms with Gasteiger partial charge >= 0.3 is 5.97 Å². The average Bonchev–Trinajstić information content (AvgIpc) is 2.96. The number of esters is 1. The number of pyridine rings is 1. The molecule has 0 amide bonds. The van der Waals surface area contributed by atoms with Gasteiger partial charge in [0.15, 0.2) is 17.2 Å². The normalized spacial score (nSPS) is 10.5. The first kappa shape index (κ1) is 13.1. The van der Waals surface area contributed by atoms with E-state index in [9.17, 15) is 4.79 Å². The number of carbonyl (C=O) groups is 1. The Morgan fingerprint density at radius 3 is 2.71 bits per heavy atom. The van der Waals surface area contributed by atoms with Crippen LogP contribution >= 0.6 is 0 Å². The number of hydrogen-bond acceptors (Lipinski definition) is 5. The summed E-state index contributed by atoms with van der Waals surface area (Å²) in [5, 5.41) is 4.28. The van der Waals surface area contributed by atoms with E-state index in [0.29, 0.717) is 17.2 Å². The molecule has 21 heavy (non-hydrogen) atoms. The molecule has 0 atom stereocenters. The van der Waals surface area contributed by atoms with Crippen LogP contribution in [-0.4, -0.2) is 27.7 Å². The molecule has 6 heteroatoms. The summed E-state index contributed by atoms with van der Waals surface area (Å²) in [4.78, 5) is 16.0. The largest absolute Gasteiger partial charge is 0.486 e. The van der Waals surface area contributed by atoms with Crippen molar-refractivity contribution in [2.24, 2.45) is 0 Å². The molecule has 0 fully saturated rings. The molecule has 0 saturated carbocycles. The number of aromatic nitrogens is 3. The maximum atomic E-state index is 11.7. The summed E-state index contributed by atoms with van der Waals surface area (Å²) < 4.78 is 11.8. The quantitative estimate of drug-likeness (QED) is 0.686. The maximum Gasteiger partial charge on any atom is 0.356 e. The van der Waals surface area contributed by atoms with Crippen LogP contribution in [0.1, 0.15) is 16.3 Å². The number of para-hydroxylation sites is 1. The molecule has 0 unspecified atom stereocenters. The second-order valence-corrected chi connectivity index (χ2v) is 4.30. The summed E-state index contributed by atoms with van der Waals surface area (Å²) in [6.07, 6.45) is 0. The van der Waals surface area contributed by atoms with Gasteiger partial charge in [0, 0.05) is 0 Å². The Bertz CT molecular complexity index is 768. The molecule has 0 N–H and O–H groups in total. The van der Waals surface area contributed by atoms with Gasteiger partial charge in [0.05, 0.1) is 7.11 Å². The average molecular weight is 283 g/mol. The van der Waals surface area contributed by atoms with Crippen molar-refractivity contribution in [2.45, 2.75) is 6.61 Å². The predicted molar refractivity (Wildman–Crippen MR) is 75.1 cm³/mol. The van der Waals surface area contributed by atoms with E-state index < -0.39 is 5.97 Å². The van der Waals surface area contributed by atoms with Crippen molar-refractivity contribution in [1.29, 1.82) is 0 Å². The number of fused-ring (bicyclic) bond motifs is 1. The number of carbonyl (C=O) groups excluding carboxylic acids is 1. The molecule has 0 aliphatic carbocycles.